The number of rotatable bonds is 6. The van der Waals surface area contributed by atoms with E-state index >= 15 is 0 Å². The van der Waals surface area contributed by atoms with Crippen LogP contribution in [0.25, 0.3) is 0 Å². The number of aryl methyl sites for hydroxylation is 1. The number of hydrogen-bond acceptors (Lipinski definition) is 3. The van der Waals surface area contributed by atoms with Crippen LogP contribution < -0.4 is 10.1 Å². The van der Waals surface area contributed by atoms with E-state index < -0.39 is 0 Å². The molecule has 0 aliphatic heterocycles. The van der Waals surface area contributed by atoms with Crippen LogP contribution in [0, 0.1) is 12.7 Å². The highest BCUT2D eigenvalue weighted by Crippen LogP contribution is 2.22. The summed E-state index contributed by atoms with van der Waals surface area (Å²) in [5.74, 6) is -0.0646. The number of aromatic amines is 1. The summed E-state index contributed by atoms with van der Waals surface area (Å²) >= 11 is 0. The Kier molecular flexibility index (Phi) is 4.96. The van der Waals surface area contributed by atoms with Gasteiger partial charge < -0.3 is 10.1 Å². The second-order valence-corrected chi connectivity index (χ2v) is 5.43. The topological polar surface area (TPSA) is 49.9 Å². The fourth-order valence-electron chi connectivity index (χ4n) is 2.43. The second kappa shape index (κ2) is 6.72. The van der Waals surface area contributed by atoms with Crippen LogP contribution in [-0.2, 0) is 6.42 Å². The molecule has 1 aromatic heterocycles. The van der Waals surface area contributed by atoms with Gasteiger partial charge in [0.2, 0.25) is 0 Å². The largest absolute Gasteiger partial charge is 0.494 e. The van der Waals surface area contributed by atoms with Crippen molar-refractivity contribution in [3.8, 4) is 5.75 Å². The van der Waals surface area contributed by atoms with Gasteiger partial charge in [-0.2, -0.15) is 5.10 Å². The van der Waals surface area contributed by atoms with Gasteiger partial charge >= 0.3 is 0 Å². The summed E-state index contributed by atoms with van der Waals surface area (Å²) in [5, 5.41) is 10.6. The van der Waals surface area contributed by atoms with Crippen LogP contribution >= 0.6 is 0 Å². The van der Waals surface area contributed by atoms with Crippen molar-refractivity contribution >= 4 is 0 Å². The van der Waals surface area contributed by atoms with Gasteiger partial charge in [-0.15, -0.1) is 0 Å². The highest BCUT2D eigenvalue weighted by Gasteiger charge is 2.13. The summed E-state index contributed by atoms with van der Waals surface area (Å²) in [5.41, 5.74) is 2.99. The molecule has 0 saturated carbocycles. The average Bonchev–Trinajstić information content (AvgIpc) is 2.83. The van der Waals surface area contributed by atoms with Crippen molar-refractivity contribution in [3.05, 3.63) is 47.0 Å². The first kappa shape index (κ1) is 15.5. The SMILES string of the molecule is COc1ccc([C@H](C)N[C@H](C)Cc2cc(C)[nH]n2)cc1F. The molecule has 0 saturated heterocycles. The number of nitrogens with zero attached hydrogens (tertiary/aromatic N) is 1. The molecule has 0 unspecified atom stereocenters. The van der Waals surface area contributed by atoms with Gasteiger partial charge in [0.15, 0.2) is 11.6 Å². The van der Waals surface area contributed by atoms with Crippen molar-refractivity contribution in [1.82, 2.24) is 15.5 Å². The van der Waals surface area contributed by atoms with Gasteiger partial charge in [-0.1, -0.05) is 6.07 Å². The molecule has 0 fully saturated rings. The lowest BCUT2D eigenvalue weighted by Crippen LogP contribution is -2.30. The van der Waals surface area contributed by atoms with Crippen molar-refractivity contribution in [2.75, 3.05) is 7.11 Å². The van der Waals surface area contributed by atoms with E-state index in [9.17, 15) is 4.39 Å². The minimum absolute atomic E-state index is 0.0560. The maximum atomic E-state index is 13.7. The minimum Gasteiger partial charge on any atom is -0.494 e. The quantitative estimate of drug-likeness (QED) is 0.859. The van der Waals surface area contributed by atoms with Crippen LogP contribution in [0.15, 0.2) is 24.3 Å². The summed E-state index contributed by atoms with van der Waals surface area (Å²) in [4.78, 5) is 0. The average molecular weight is 291 g/mol. The van der Waals surface area contributed by atoms with E-state index in [0.29, 0.717) is 0 Å². The Hall–Kier alpha value is -1.88. The summed E-state index contributed by atoms with van der Waals surface area (Å²) in [6, 6.07) is 7.39. The van der Waals surface area contributed by atoms with E-state index in [1.54, 1.807) is 6.07 Å². The van der Waals surface area contributed by atoms with Crippen LogP contribution in [0.4, 0.5) is 4.39 Å². The number of H-pyrrole nitrogens is 1. The van der Waals surface area contributed by atoms with E-state index in [2.05, 4.69) is 22.4 Å². The number of nitrogens with one attached hydrogen (secondary N) is 2. The molecule has 5 heteroatoms. The third kappa shape index (κ3) is 4.04. The number of hydrogen-bond donors (Lipinski definition) is 2. The second-order valence-electron chi connectivity index (χ2n) is 5.43. The molecule has 21 heavy (non-hydrogen) atoms. The van der Waals surface area contributed by atoms with Crippen LogP contribution in [0.5, 0.6) is 5.75 Å². The molecule has 2 N–H and O–H groups in total. The Morgan fingerprint density at radius 2 is 2.10 bits per heavy atom. The predicted octanol–water partition coefficient (Wildman–Crippen LogP) is 3.15. The van der Waals surface area contributed by atoms with Gasteiger partial charge in [-0.05, 0) is 44.5 Å². The van der Waals surface area contributed by atoms with E-state index in [0.717, 1.165) is 23.4 Å². The third-order valence-electron chi connectivity index (χ3n) is 3.48. The zero-order valence-corrected chi connectivity index (χ0v) is 12.9. The fraction of sp³-hybridized carbons (Fsp3) is 0.438. The van der Waals surface area contributed by atoms with E-state index in [1.165, 1.54) is 13.2 Å². The number of aromatic nitrogens is 2. The van der Waals surface area contributed by atoms with Crippen molar-refractivity contribution in [1.29, 1.82) is 0 Å². The lowest BCUT2D eigenvalue weighted by Gasteiger charge is -2.20. The Morgan fingerprint density at radius 3 is 2.67 bits per heavy atom. The zero-order chi connectivity index (χ0) is 15.4. The van der Waals surface area contributed by atoms with Crippen LogP contribution in [0.1, 0.15) is 36.8 Å². The van der Waals surface area contributed by atoms with Gasteiger partial charge in [0, 0.05) is 24.2 Å². The van der Waals surface area contributed by atoms with Crippen molar-refractivity contribution in [3.63, 3.8) is 0 Å². The number of ether oxygens (including phenoxy) is 1. The Morgan fingerprint density at radius 1 is 1.33 bits per heavy atom. The van der Waals surface area contributed by atoms with Gasteiger partial charge in [0.05, 0.1) is 12.8 Å². The normalized spacial score (nSPS) is 14.0. The Bertz CT molecular complexity index is 597. The molecule has 0 amide bonds. The number of halogens is 1. The number of methoxy groups -OCH3 is 1. The lowest BCUT2D eigenvalue weighted by molar-refractivity contribution is 0.385. The fourth-order valence-corrected chi connectivity index (χ4v) is 2.43. The molecule has 0 bridgehead atoms. The minimum atomic E-state index is -0.334. The molecule has 2 atom stereocenters. The van der Waals surface area contributed by atoms with Crippen LogP contribution in [-0.4, -0.2) is 23.3 Å². The molecule has 4 nitrogen and oxygen atoms in total. The first-order valence-corrected chi connectivity index (χ1v) is 7.10. The highest BCUT2D eigenvalue weighted by molar-refractivity contribution is 5.30. The molecule has 114 valence electrons. The van der Waals surface area contributed by atoms with Gasteiger partial charge in [0.25, 0.3) is 0 Å². The predicted molar refractivity (Wildman–Crippen MR) is 81.0 cm³/mol. The maximum absolute atomic E-state index is 13.7. The number of benzene rings is 1. The van der Waals surface area contributed by atoms with Crippen molar-refractivity contribution in [2.24, 2.45) is 0 Å². The molecule has 2 rings (SSSR count). The summed E-state index contributed by atoms with van der Waals surface area (Å²) in [7, 11) is 1.47. The van der Waals surface area contributed by atoms with E-state index in [-0.39, 0.29) is 23.7 Å². The monoisotopic (exact) mass is 291 g/mol. The molecule has 0 radical (unpaired) electrons. The molecule has 1 heterocycles. The lowest BCUT2D eigenvalue weighted by atomic mass is 10.1. The Balaban J connectivity index is 1.97. The summed E-state index contributed by atoms with van der Waals surface area (Å²) < 4.78 is 18.7. The molecule has 1 aromatic carbocycles. The summed E-state index contributed by atoms with van der Waals surface area (Å²) in [6.07, 6.45) is 0.827. The molecular formula is C16H22FN3O. The highest BCUT2D eigenvalue weighted by atomic mass is 19.1. The smallest absolute Gasteiger partial charge is 0.165 e. The van der Waals surface area contributed by atoms with Gasteiger partial charge in [-0.25, -0.2) is 4.39 Å². The first-order chi connectivity index (χ1) is 9.99. The van der Waals surface area contributed by atoms with Crippen LogP contribution in [0.2, 0.25) is 0 Å². The van der Waals surface area contributed by atoms with Gasteiger partial charge in [-0.3, -0.25) is 5.10 Å². The van der Waals surface area contributed by atoms with E-state index in [4.69, 9.17) is 4.74 Å². The van der Waals surface area contributed by atoms with Crippen LogP contribution in [0.3, 0.4) is 0 Å². The van der Waals surface area contributed by atoms with Gasteiger partial charge in [0.1, 0.15) is 0 Å². The molecular weight excluding hydrogens is 269 g/mol. The molecule has 0 aliphatic rings. The maximum Gasteiger partial charge on any atom is 0.165 e. The molecule has 0 spiro atoms. The zero-order valence-electron chi connectivity index (χ0n) is 12.9. The molecule has 2 aromatic rings. The summed E-state index contributed by atoms with van der Waals surface area (Å²) in [6.45, 7) is 6.10. The third-order valence-corrected chi connectivity index (χ3v) is 3.48. The van der Waals surface area contributed by atoms with Crippen molar-refractivity contribution < 1.29 is 9.13 Å². The molecule has 0 aliphatic carbocycles. The van der Waals surface area contributed by atoms with Crippen molar-refractivity contribution in [2.45, 2.75) is 39.3 Å². The standard InChI is InChI=1S/C16H22FN3O/c1-10(7-14-8-11(2)19-20-14)18-12(3)13-5-6-16(21-4)15(17)9-13/h5-6,8-10,12,18H,7H2,1-4H3,(H,19,20)/t10-,12+/m1/s1. The van der Waals surface area contributed by atoms with E-state index in [1.807, 2.05) is 26.0 Å². The Labute approximate surface area is 124 Å². The first-order valence-electron chi connectivity index (χ1n) is 7.10.